The molecule has 0 saturated carbocycles. The van der Waals surface area contributed by atoms with Gasteiger partial charge in [-0.2, -0.15) is 0 Å². The third kappa shape index (κ3) is 5.43. The Morgan fingerprint density at radius 3 is 2.50 bits per heavy atom. The fourth-order valence-corrected chi connectivity index (χ4v) is 4.10. The Balaban J connectivity index is 1.46. The highest BCUT2D eigenvalue weighted by molar-refractivity contribution is 5.95. The third-order valence-electron chi connectivity index (χ3n) is 6.10. The molecule has 0 bridgehead atoms. The van der Waals surface area contributed by atoms with Gasteiger partial charge in [-0.25, -0.2) is 4.39 Å². The van der Waals surface area contributed by atoms with E-state index >= 15 is 0 Å². The summed E-state index contributed by atoms with van der Waals surface area (Å²) in [7, 11) is 3.64. The molecule has 6 nitrogen and oxygen atoms in total. The fraction of sp³-hybridized carbons (Fsp3) is 0.259. The average molecular weight is 462 g/mol. The molecule has 1 N–H and O–H groups in total. The van der Waals surface area contributed by atoms with Gasteiger partial charge in [-0.1, -0.05) is 30.3 Å². The summed E-state index contributed by atoms with van der Waals surface area (Å²) in [5.74, 6) is 0.0970. The van der Waals surface area contributed by atoms with Crippen molar-refractivity contribution in [2.75, 3.05) is 33.7 Å². The number of hydrogen-bond acceptors (Lipinski definition) is 4. The summed E-state index contributed by atoms with van der Waals surface area (Å²) in [5, 5.41) is 2.65. The number of nitrogens with one attached hydrogen (secondary N) is 1. The van der Waals surface area contributed by atoms with Crippen LogP contribution >= 0.6 is 0 Å². The first-order chi connectivity index (χ1) is 16.4. The Hall–Kier alpha value is -3.71. The van der Waals surface area contributed by atoms with Crippen LogP contribution in [0.1, 0.15) is 37.9 Å². The van der Waals surface area contributed by atoms with Crippen LogP contribution in [-0.4, -0.2) is 55.3 Å². The van der Waals surface area contributed by atoms with Crippen molar-refractivity contribution in [3.63, 3.8) is 0 Å². The number of piperazine rings is 1. The molecule has 7 heteroatoms. The number of ether oxygens (including phenoxy) is 1. The molecule has 0 aliphatic carbocycles. The number of rotatable bonds is 6. The zero-order chi connectivity index (χ0) is 24.1. The Bertz CT molecular complexity index is 1170. The molecule has 176 valence electrons. The Kier molecular flexibility index (Phi) is 7.23. The molecule has 34 heavy (non-hydrogen) atoms. The molecule has 1 heterocycles. The van der Waals surface area contributed by atoms with Gasteiger partial charge in [-0.05, 0) is 60.6 Å². The first-order valence-electron chi connectivity index (χ1n) is 11.2. The zero-order valence-corrected chi connectivity index (χ0v) is 19.3. The Labute approximate surface area is 198 Å². The molecule has 1 fully saturated rings. The SMILES string of the molecule is CNC(=O)c1cccc([C@@H]2CN(C(=O)c3cccc(OCc4ccc(F)cc4)c3)CCN2C)c1. The monoisotopic (exact) mass is 461 g/mol. The summed E-state index contributed by atoms with van der Waals surface area (Å²) in [6, 6.07) is 20.8. The molecule has 0 aromatic heterocycles. The van der Waals surface area contributed by atoms with Gasteiger partial charge in [0.25, 0.3) is 11.8 Å². The van der Waals surface area contributed by atoms with Crippen molar-refractivity contribution in [2.24, 2.45) is 0 Å². The van der Waals surface area contributed by atoms with Crippen LogP contribution in [0.25, 0.3) is 0 Å². The van der Waals surface area contributed by atoms with Gasteiger partial charge in [0, 0.05) is 37.8 Å². The standard InChI is InChI=1S/C27H28FN3O3/c1-29-26(32)21-6-3-5-20(15-21)25-17-31(14-13-30(25)2)27(33)22-7-4-8-24(16-22)34-18-19-9-11-23(28)12-10-19/h3-12,15-16,25H,13-14,17-18H2,1-2H3,(H,29,32)/t25-/m0/s1. The van der Waals surface area contributed by atoms with Crippen LogP contribution in [0.15, 0.2) is 72.8 Å². The molecule has 3 aromatic carbocycles. The van der Waals surface area contributed by atoms with Crippen LogP contribution < -0.4 is 10.1 Å². The van der Waals surface area contributed by atoms with E-state index in [1.165, 1.54) is 12.1 Å². The second-order valence-electron chi connectivity index (χ2n) is 8.40. The molecular weight excluding hydrogens is 433 g/mol. The molecule has 1 atom stereocenters. The largest absolute Gasteiger partial charge is 0.489 e. The normalized spacial score (nSPS) is 16.2. The molecule has 0 spiro atoms. The minimum Gasteiger partial charge on any atom is -0.489 e. The average Bonchev–Trinajstić information content (AvgIpc) is 2.88. The van der Waals surface area contributed by atoms with Crippen molar-refractivity contribution in [1.29, 1.82) is 0 Å². The van der Waals surface area contributed by atoms with E-state index < -0.39 is 0 Å². The molecule has 0 radical (unpaired) electrons. The first kappa shape index (κ1) is 23.4. The number of amides is 2. The summed E-state index contributed by atoms with van der Waals surface area (Å²) >= 11 is 0. The predicted molar refractivity (Wildman–Crippen MR) is 128 cm³/mol. The lowest BCUT2D eigenvalue weighted by molar-refractivity contribution is 0.0545. The number of hydrogen-bond donors (Lipinski definition) is 1. The van der Waals surface area contributed by atoms with E-state index in [0.29, 0.717) is 30.0 Å². The molecule has 4 rings (SSSR count). The molecule has 1 saturated heterocycles. The topological polar surface area (TPSA) is 61.9 Å². The summed E-state index contributed by atoms with van der Waals surface area (Å²) in [6.07, 6.45) is 0. The van der Waals surface area contributed by atoms with E-state index in [9.17, 15) is 14.0 Å². The van der Waals surface area contributed by atoms with Gasteiger partial charge >= 0.3 is 0 Å². The Morgan fingerprint density at radius 2 is 1.74 bits per heavy atom. The van der Waals surface area contributed by atoms with E-state index in [1.54, 1.807) is 49.5 Å². The van der Waals surface area contributed by atoms with Crippen LogP contribution in [0.5, 0.6) is 5.75 Å². The summed E-state index contributed by atoms with van der Waals surface area (Å²) in [5.41, 5.74) is 3.00. The predicted octanol–water partition coefficient (Wildman–Crippen LogP) is 3.89. The number of nitrogens with zero attached hydrogens (tertiary/aromatic N) is 2. The van der Waals surface area contributed by atoms with Crippen LogP contribution in [0.3, 0.4) is 0 Å². The van der Waals surface area contributed by atoms with Crippen molar-refractivity contribution in [3.8, 4) is 5.75 Å². The van der Waals surface area contributed by atoms with Gasteiger partial charge in [0.15, 0.2) is 0 Å². The minimum atomic E-state index is -0.290. The maximum absolute atomic E-state index is 13.3. The van der Waals surface area contributed by atoms with E-state index in [0.717, 1.165) is 17.7 Å². The van der Waals surface area contributed by atoms with Gasteiger partial charge in [0.1, 0.15) is 18.2 Å². The molecule has 1 aliphatic heterocycles. The second-order valence-corrected chi connectivity index (χ2v) is 8.40. The molecule has 0 unspecified atom stereocenters. The highest BCUT2D eigenvalue weighted by Gasteiger charge is 2.29. The molecule has 1 aliphatic rings. The number of halogens is 1. The van der Waals surface area contributed by atoms with Gasteiger partial charge in [-0.15, -0.1) is 0 Å². The van der Waals surface area contributed by atoms with E-state index in [2.05, 4.69) is 10.2 Å². The quantitative estimate of drug-likeness (QED) is 0.605. The smallest absolute Gasteiger partial charge is 0.254 e. The number of carbonyl (C=O) groups excluding carboxylic acids is 2. The van der Waals surface area contributed by atoms with Crippen molar-refractivity contribution in [2.45, 2.75) is 12.6 Å². The maximum atomic E-state index is 13.3. The molecular formula is C27H28FN3O3. The van der Waals surface area contributed by atoms with Crippen molar-refractivity contribution < 1.29 is 18.7 Å². The lowest BCUT2D eigenvalue weighted by Gasteiger charge is -2.40. The van der Waals surface area contributed by atoms with Gasteiger partial charge in [0.05, 0.1) is 6.04 Å². The molecule has 3 aromatic rings. The van der Waals surface area contributed by atoms with Crippen molar-refractivity contribution >= 4 is 11.8 Å². The summed E-state index contributed by atoms with van der Waals surface area (Å²) in [4.78, 5) is 29.4. The number of likely N-dealkylation sites (N-methyl/N-ethyl adjacent to an activating group) is 1. The van der Waals surface area contributed by atoms with Crippen LogP contribution in [0.2, 0.25) is 0 Å². The van der Waals surface area contributed by atoms with Gasteiger partial charge in [-0.3, -0.25) is 14.5 Å². The van der Waals surface area contributed by atoms with E-state index in [4.69, 9.17) is 4.74 Å². The highest BCUT2D eigenvalue weighted by atomic mass is 19.1. The summed E-state index contributed by atoms with van der Waals surface area (Å²) < 4.78 is 18.9. The number of benzene rings is 3. The van der Waals surface area contributed by atoms with Crippen molar-refractivity contribution in [1.82, 2.24) is 15.1 Å². The lowest BCUT2D eigenvalue weighted by atomic mass is 9.99. The highest BCUT2D eigenvalue weighted by Crippen LogP contribution is 2.26. The van der Waals surface area contributed by atoms with Crippen LogP contribution in [0, 0.1) is 5.82 Å². The third-order valence-corrected chi connectivity index (χ3v) is 6.10. The zero-order valence-electron chi connectivity index (χ0n) is 19.3. The van der Waals surface area contributed by atoms with Crippen LogP contribution in [0.4, 0.5) is 4.39 Å². The first-order valence-corrected chi connectivity index (χ1v) is 11.2. The van der Waals surface area contributed by atoms with Crippen LogP contribution in [-0.2, 0) is 6.61 Å². The minimum absolute atomic E-state index is 0.0137. The van der Waals surface area contributed by atoms with Gasteiger partial charge in [0.2, 0.25) is 0 Å². The van der Waals surface area contributed by atoms with E-state index in [-0.39, 0.29) is 30.3 Å². The Morgan fingerprint density at radius 1 is 1.00 bits per heavy atom. The van der Waals surface area contributed by atoms with Gasteiger partial charge < -0.3 is 15.0 Å². The lowest BCUT2D eigenvalue weighted by Crippen LogP contribution is -2.49. The fourth-order valence-electron chi connectivity index (χ4n) is 4.10. The maximum Gasteiger partial charge on any atom is 0.254 e. The second kappa shape index (κ2) is 10.5. The summed E-state index contributed by atoms with van der Waals surface area (Å²) in [6.45, 7) is 2.15. The van der Waals surface area contributed by atoms with E-state index in [1.807, 2.05) is 30.1 Å². The number of carbonyl (C=O) groups is 2. The molecule has 2 amide bonds. The van der Waals surface area contributed by atoms with Crippen molar-refractivity contribution in [3.05, 3.63) is 101 Å².